The highest BCUT2D eigenvalue weighted by Gasteiger charge is 1.95. The van der Waals surface area contributed by atoms with Gasteiger partial charge in [-0.1, -0.05) is 19.9 Å². The molecule has 0 aliphatic heterocycles. The minimum absolute atomic E-state index is 0.0301. The fourth-order valence-electron chi connectivity index (χ4n) is 1.04. The Morgan fingerprint density at radius 2 is 2.18 bits per heavy atom. The average molecular weight is 151 g/mol. The molecule has 1 rings (SSSR count). The van der Waals surface area contributed by atoms with E-state index in [1.807, 2.05) is 6.07 Å². The van der Waals surface area contributed by atoms with Gasteiger partial charge < -0.3 is 4.98 Å². The molecule has 0 unspecified atom stereocenters. The first-order valence-corrected chi connectivity index (χ1v) is 3.86. The Morgan fingerprint density at radius 1 is 1.45 bits per heavy atom. The summed E-state index contributed by atoms with van der Waals surface area (Å²) in [6, 6.07) is 3.44. The Morgan fingerprint density at radius 3 is 2.64 bits per heavy atom. The third kappa shape index (κ3) is 2.58. The Kier molecular flexibility index (Phi) is 2.47. The lowest BCUT2D eigenvalue weighted by Gasteiger charge is -2.02. The zero-order chi connectivity index (χ0) is 8.27. The van der Waals surface area contributed by atoms with Crippen molar-refractivity contribution < 1.29 is 0 Å². The SMILES string of the molecule is CC(C)Cc1ccc(=O)[nH]c1. The van der Waals surface area contributed by atoms with E-state index in [-0.39, 0.29) is 5.56 Å². The highest BCUT2D eigenvalue weighted by molar-refractivity contribution is 5.08. The van der Waals surface area contributed by atoms with E-state index in [4.69, 9.17) is 0 Å². The van der Waals surface area contributed by atoms with Gasteiger partial charge in [-0.25, -0.2) is 0 Å². The lowest BCUT2D eigenvalue weighted by Crippen LogP contribution is -2.04. The van der Waals surface area contributed by atoms with Gasteiger partial charge in [-0.3, -0.25) is 4.79 Å². The Hall–Kier alpha value is -1.05. The average Bonchev–Trinajstić information content (AvgIpc) is 1.93. The van der Waals surface area contributed by atoms with Gasteiger partial charge in [-0.2, -0.15) is 0 Å². The number of hydrogen-bond donors (Lipinski definition) is 1. The molecule has 1 heterocycles. The van der Waals surface area contributed by atoms with E-state index in [1.54, 1.807) is 12.3 Å². The van der Waals surface area contributed by atoms with Gasteiger partial charge in [-0.15, -0.1) is 0 Å². The van der Waals surface area contributed by atoms with Crippen molar-refractivity contribution in [3.8, 4) is 0 Å². The molecular formula is C9H13NO. The monoisotopic (exact) mass is 151 g/mol. The van der Waals surface area contributed by atoms with Gasteiger partial charge in [0, 0.05) is 12.3 Å². The third-order valence-corrected chi connectivity index (χ3v) is 1.49. The van der Waals surface area contributed by atoms with Crippen LogP contribution in [-0.2, 0) is 6.42 Å². The largest absolute Gasteiger partial charge is 0.329 e. The fraction of sp³-hybridized carbons (Fsp3) is 0.444. The highest BCUT2D eigenvalue weighted by Crippen LogP contribution is 2.03. The summed E-state index contributed by atoms with van der Waals surface area (Å²) < 4.78 is 0. The molecule has 0 aliphatic carbocycles. The van der Waals surface area contributed by atoms with Crippen LogP contribution in [0.15, 0.2) is 23.1 Å². The highest BCUT2D eigenvalue weighted by atomic mass is 16.1. The van der Waals surface area contributed by atoms with Gasteiger partial charge in [0.2, 0.25) is 5.56 Å². The van der Waals surface area contributed by atoms with Crippen LogP contribution in [0.3, 0.4) is 0 Å². The second kappa shape index (κ2) is 3.37. The molecule has 0 aliphatic rings. The van der Waals surface area contributed by atoms with Crippen LogP contribution in [0.25, 0.3) is 0 Å². The molecule has 0 aromatic carbocycles. The smallest absolute Gasteiger partial charge is 0.247 e. The zero-order valence-electron chi connectivity index (χ0n) is 6.92. The molecule has 0 amide bonds. The van der Waals surface area contributed by atoms with E-state index in [9.17, 15) is 4.79 Å². The van der Waals surface area contributed by atoms with Crippen LogP contribution in [0.5, 0.6) is 0 Å². The summed E-state index contributed by atoms with van der Waals surface area (Å²) in [4.78, 5) is 13.3. The van der Waals surface area contributed by atoms with E-state index in [0.29, 0.717) is 5.92 Å². The molecule has 2 nitrogen and oxygen atoms in total. The van der Waals surface area contributed by atoms with Crippen molar-refractivity contribution in [2.75, 3.05) is 0 Å². The van der Waals surface area contributed by atoms with Crippen molar-refractivity contribution in [3.63, 3.8) is 0 Å². The topological polar surface area (TPSA) is 32.9 Å². The molecule has 0 radical (unpaired) electrons. The summed E-state index contributed by atoms with van der Waals surface area (Å²) in [6.07, 6.45) is 2.80. The first kappa shape index (κ1) is 8.05. The van der Waals surface area contributed by atoms with Crippen molar-refractivity contribution in [1.82, 2.24) is 4.98 Å². The minimum atomic E-state index is -0.0301. The molecule has 1 aromatic rings. The van der Waals surface area contributed by atoms with Crippen LogP contribution in [0, 0.1) is 5.92 Å². The summed E-state index contributed by atoms with van der Waals surface area (Å²) in [5, 5.41) is 0. The van der Waals surface area contributed by atoms with Gasteiger partial charge in [0.1, 0.15) is 0 Å². The van der Waals surface area contributed by atoms with Crippen molar-refractivity contribution in [1.29, 1.82) is 0 Å². The first-order chi connectivity index (χ1) is 5.18. The molecule has 0 saturated heterocycles. The van der Waals surface area contributed by atoms with Crippen LogP contribution in [0.4, 0.5) is 0 Å². The van der Waals surface area contributed by atoms with Crippen molar-refractivity contribution in [2.24, 2.45) is 5.92 Å². The number of aromatic amines is 1. The Bertz CT molecular complexity index is 255. The maximum Gasteiger partial charge on any atom is 0.247 e. The normalized spacial score (nSPS) is 10.5. The van der Waals surface area contributed by atoms with Crippen LogP contribution < -0.4 is 5.56 Å². The molecular weight excluding hydrogens is 138 g/mol. The van der Waals surface area contributed by atoms with E-state index >= 15 is 0 Å². The first-order valence-electron chi connectivity index (χ1n) is 3.86. The molecule has 60 valence electrons. The van der Waals surface area contributed by atoms with Gasteiger partial charge in [0.15, 0.2) is 0 Å². The lowest BCUT2D eigenvalue weighted by molar-refractivity contribution is 0.645. The maximum absolute atomic E-state index is 10.7. The van der Waals surface area contributed by atoms with Crippen LogP contribution in [-0.4, -0.2) is 4.98 Å². The quantitative estimate of drug-likeness (QED) is 0.683. The number of H-pyrrole nitrogens is 1. The predicted molar refractivity (Wildman–Crippen MR) is 45.6 cm³/mol. The van der Waals surface area contributed by atoms with Gasteiger partial charge >= 0.3 is 0 Å². The van der Waals surface area contributed by atoms with Gasteiger partial charge in [0.25, 0.3) is 0 Å². The van der Waals surface area contributed by atoms with E-state index < -0.39 is 0 Å². The van der Waals surface area contributed by atoms with Crippen LogP contribution in [0.2, 0.25) is 0 Å². The molecule has 2 heteroatoms. The Labute approximate surface area is 66.3 Å². The summed E-state index contributed by atoms with van der Waals surface area (Å²) in [7, 11) is 0. The van der Waals surface area contributed by atoms with Crippen molar-refractivity contribution in [2.45, 2.75) is 20.3 Å². The number of nitrogens with one attached hydrogen (secondary N) is 1. The summed E-state index contributed by atoms with van der Waals surface area (Å²) >= 11 is 0. The molecule has 1 aromatic heterocycles. The van der Waals surface area contributed by atoms with Crippen molar-refractivity contribution in [3.05, 3.63) is 34.2 Å². The van der Waals surface area contributed by atoms with E-state index in [2.05, 4.69) is 18.8 Å². The molecule has 0 atom stereocenters. The van der Waals surface area contributed by atoms with Crippen LogP contribution in [0.1, 0.15) is 19.4 Å². The van der Waals surface area contributed by atoms with E-state index in [1.165, 1.54) is 5.56 Å². The maximum atomic E-state index is 10.7. The third-order valence-electron chi connectivity index (χ3n) is 1.49. The number of pyridine rings is 1. The fourth-order valence-corrected chi connectivity index (χ4v) is 1.04. The molecule has 0 saturated carbocycles. The summed E-state index contributed by atoms with van der Waals surface area (Å²) in [5.41, 5.74) is 1.16. The lowest BCUT2D eigenvalue weighted by atomic mass is 10.1. The second-order valence-electron chi connectivity index (χ2n) is 3.16. The zero-order valence-corrected chi connectivity index (χ0v) is 6.92. The molecule has 0 bridgehead atoms. The molecule has 0 spiro atoms. The molecule has 0 fully saturated rings. The van der Waals surface area contributed by atoms with Crippen molar-refractivity contribution >= 4 is 0 Å². The summed E-state index contributed by atoms with van der Waals surface area (Å²) in [5.74, 6) is 0.640. The van der Waals surface area contributed by atoms with Gasteiger partial charge in [-0.05, 0) is 17.9 Å². The minimum Gasteiger partial charge on any atom is -0.329 e. The number of hydrogen-bond acceptors (Lipinski definition) is 1. The summed E-state index contributed by atoms with van der Waals surface area (Å²) in [6.45, 7) is 4.32. The molecule has 11 heavy (non-hydrogen) atoms. The Balaban J connectivity index is 2.74. The predicted octanol–water partition coefficient (Wildman–Crippen LogP) is 1.57. The van der Waals surface area contributed by atoms with Crippen LogP contribution >= 0.6 is 0 Å². The standard InChI is InChI=1S/C9H13NO/c1-7(2)5-8-3-4-9(11)10-6-8/h3-4,6-7H,5H2,1-2H3,(H,10,11). The number of rotatable bonds is 2. The van der Waals surface area contributed by atoms with Gasteiger partial charge in [0.05, 0.1) is 0 Å². The molecule has 1 N–H and O–H groups in total. The van der Waals surface area contributed by atoms with E-state index in [0.717, 1.165) is 6.42 Å². The second-order valence-corrected chi connectivity index (χ2v) is 3.16. The number of aromatic nitrogens is 1.